The van der Waals surface area contributed by atoms with Crippen molar-refractivity contribution in [3.8, 4) is 11.8 Å². The van der Waals surface area contributed by atoms with Crippen LogP contribution in [0.3, 0.4) is 0 Å². The van der Waals surface area contributed by atoms with Crippen LogP contribution in [0.4, 0.5) is 0 Å². The average molecular weight is 288 g/mol. The largest absolute Gasteiger partial charge is 0.413 e. The molecule has 2 rings (SSSR count). The monoisotopic (exact) mass is 288 g/mol. The van der Waals surface area contributed by atoms with Crippen LogP contribution in [0.5, 0.6) is 0 Å². The lowest BCUT2D eigenvalue weighted by Gasteiger charge is -2.36. The predicted molar refractivity (Wildman–Crippen MR) is 85.2 cm³/mol. The van der Waals surface area contributed by atoms with E-state index in [1.54, 1.807) is 0 Å². The molecule has 0 aliphatic carbocycles. The van der Waals surface area contributed by atoms with Crippen molar-refractivity contribution < 1.29 is 9.16 Å². The zero-order chi connectivity index (χ0) is 14.9. The highest BCUT2D eigenvalue weighted by atomic mass is 28.4. The van der Waals surface area contributed by atoms with Crippen LogP contribution in [0.1, 0.15) is 26.3 Å². The quantitative estimate of drug-likeness (QED) is 0.479. The number of rotatable bonds is 3. The standard InChI is InChI=1S/C17H24O2Si/c1-16(2,3)20(4,5)19-14-17(13-18-17)12-11-15-9-7-6-8-10-15/h6-10H,13-14H2,1-5H3/t17-/m1/s1. The fourth-order valence-electron chi connectivity index (χ4n) is 1.50. The molecule has 0 amide bonds. The van der Waals surface area contributed by atoms with Crippen LogP contribution in [0.25, 0.3) is 0 Å². The fourth-order valence-corrected chi connectivity index (χ4v) is 2.53. The fraction of sp³-hybridized carbons (Fsp3) is 0.529. The van der Waals surface area contributed by atoms with Crippen LogP contribution in [-0.4, -0.2) is 27.1 Å². The lowest BCUT2D eigenvalue weighted by molar-refractivity contribution is 0.211. The van der Waals surface area contributed by atoms with Crippen molar-refractivity contribution in [1.29, 1.82) is 0 Å². The highest BCUT2D eigenvalue weighted by Crippen LogP contribution is 2.38. The molecule has 1 atom stereocenters. The summed E-state index contributed by atoms with van der Waals surface area (Å²) in [4.78, 5) is 0. The number of epoxide rings is 1. The van der Waals surface area contributed by atoms with Crippen LogP contribution in [0.2, 0.25) is 18.1 Å². The Morgan fingerprint density at radius 3 is 2.35 bits per heavy atom. The molecule has 1 saturated heterocycles. The number of hydrogen-bond acceptors (Lipinski definition) is 2. The third-order valence-corrected chi connectivity index (χ3v) is 8.65. The third-order valence-electron chi connectivity index (χ3n) is 4.17. The number of benzene rings is 1. The molecule has 1 aliphatic heterocycles. The first-order valence-corrected chi connectivity index (χ1v) is 10.0. The lowest BCUT2D eigenvalue weighted by Crippen LogP contribution is -2.43. The van der Waals surface area contributed by atoms with Crippen LogP contribution in [-0.2, 0) is 9.16 Å². The van der Waals surface area contributed by atoms with E-state index in [1.807, 2.05) is 30.3 Å². The van der Waals surface area contributed by atoms with Gasteiger partial charge in [-0.2, -0.15) is 0 Å². The van der Waals surface area contributed by atoms with Crippen molar-refractivity contribution >= 4 is 8.32 Å². The van der Waals surface area contributed by atoms with Crippen LogP contribution in [0.15, 0.2) is 30.3 Å². The van der Waals surface area contributed by atoms with E-state index < -0.39 is 8.32 Å². The molecular formula is C17H24O2Si. The normalized spacial score (nSPS) is 22.1. The second kappa shape index (κ2) is 5.36. The lowest BCUT2D eigenvalue weighted by atomic mass is 10.1. The van der Waals surface area contributed by atoms with Crippen molar-refractivity contribution in [2.75, 3.05) is 13.2 Å². The zero-order valence-electron chi connectivity index (χ0n) is 13.1. The summed E-state index contributed by atoms with van der Waals surface area (Å²) in [5.41, 5.74) is 0.653. The number of ether oxygens (including phenoxy) is 1. The molecule has 1 aromatic carbocycles. The maximum atomic E-state index is 6.22. The Labute approximate surface area is 123 Å². The summed E-state index contributed by atoms with van der Waals surface area (Å²) in [5.74, 6) is 6.42. The highest BCUT2D eigenvalue weighted by Gasteiger charge is 2.47. The molecule has 0 spiro atoms. The van der Waals surface area contributed by atoms with Gasteiger partial charge in [-0.15, -0.1) is 0 Å². The minimum Gasteiger partial charge on any atom is -0.413 e. The van der Waals surface area contributed by atoms with Gasteiger partial charge >= 0.3 is 0 Å². The van der Waals surface area contributed by atoms with Gasteiger partial charge in [0.1, 0.15) is 0 Å². The molecule has 0 radical (unpaired) electrons. The summed E-state index contributed by atoms with van der Waals surface area (Å²) in [7, 11) is -1.73. The molecule has 0 N–H and O–H groups in total. The molecule has 0 bridgehead atoms. The second-order valence-electron chi connectivity index (χ2n) is 6.95. The molecule has 0 saturated carbocycles. The number of hydrogen-bond donors (Lipinski definition) is 0. The van der Waals surface area contributed by atoms with Crippen molar-refractivity contribution in [3.63, 3.8) is 0 Å². The topological polar surface area (TPSA) is 21.8 Å². The molecule has 20 heavy (non-hydrogen) atoms. The molecule has 1 aliphatic rings. The third kappa shape index (κ3) is 3.73. The van der Waals surface area contributed by atoms with Crippen molar-refractivity contribution in [2.24, 2.45) is 0 Å². The van der Waals surface area contributed by atoms with Crippen LogP contribution in [0, 0.1) is 11.8 Å². The second-order valence-corrected chi connectivity index (χ2v) is 11.8. The Hall–Kier alpha value is -1.08. The summed E-state index contributed by atoms with van der Waals surface area (Å²) in [5, 5.41) is 0.218. The predicted octanol–water partition coefficient (Wildman–Crippen LogP) is 3.83. The Kier molecular flexibility index (Phi) is 4.11. The van der Waals surface area contributed by atoms with Gasteiger partial charge in [-0.05, 0) is 30.3 Å². The van der Waals surface area contributed by atoms with E-state index >= 15 is 0 Å². The molecule has 1 aromatic rings. The molecule has 0 aromatic heterocycles. The smallest absolute Gasteiger partial charge is 0.192 e. The van der Waals surface area contributed by atoms with Gasteiger partial charge in [0.05, 0.1) is 13.2 Å². The molecular weight excluding hydrogens is 264 g/mol. The van der Waals surface area contributed by atoms with E-state index in [0.29, 0.717) is 13.2 Å². The summed E-state index contributed by atoms with van der Waals surface area (Å²) >= 11 is 0. The van der Waals surface area contributed by atoms with Gasteiger partial charge in [-0.1, -0.05) is 50.8 Å². The van der Waals surface area contributed by atoms with Crippen molar-refractivity contribution in [2.45, 2.75) is 44.5 Å². The molecule has 108 valence electrons. The van der Waals surface area contributed by atoms with E-state index in [-0.39, 0.29) is 10.6 Å². The van der Waals surface area contributed by atoms with Crippen LogP contribution >= 0.6 is 0 Å². The maximum absolute atomic E-state index is 6.22. The Morgan fingerprint density at radius 1 is 1.25 bits per heavy atom. The molecule has 3 heteroatoms. The zero-order valence-corrected chi connectivity index (χ0v) is 14.1. The van der Waals surface area contributed by atoms with Gasteiger partial charge in [-0.25, -0.2) is 0 Å². The molecule has 1 fully saturated rings. The SMILES string of the molecule is CC(C)(C)[Si](C)(C)OC[C@@]1(C#Cc2ccccc2)CO1. The summed E-state index contributed by atoms with van der Waals surface area (Å²) < 4.78 is 11.8. The maximum Gasteiger partial charge on any atom is 0.192 e. The van der Waals surface area contributed by atoms with Gasteiger partial charge in [0, 0.05) is 5.56 Å². The van der Waals surface area contributed by atoms with Gasteiger partial charge in [0.15, 0.2) is 13.9 Å². The summed E-state index contributed by atoms with van der Waals surface area (Å²) in [6.45, 7) is 12.5. The summed E-state index contributed by atoms with van der Waals surface area (Å²) in [6.07, 6.45) is 0. The van der Waals surface area contributed by atoms with Crippen LogP contribution < -0.4 is 0 Å². The minimum absolute atomic E-state index is 0.218. The first-order chi connectivity index (χ1) is 9.24. The molecule has 2 nitrogen and oxygen atoms in total. The first kappa shape index (κ1) is 15.3. The van der Waals surface area contributed by atoms with Crippen molar-refractivity contribution in [3.05, 3.63) is 35.9 Å². The average Bonchev–Trinajstić information content (AvgIpc) is 3.15. The van der Waals surface area contributed by atoms with Gasteiger partial charge in [-0.3, -0.25) is 0 Å². The highest BCUT2D eigenvalue weighted by molar-refractivity contribution is 6.74. The van der Waals surface area contributed by atoms with E-state index in [9.17, 15) is 0 Å². The molecule has 0 unspecified atom stereocenters. The minimum atomic E-state index is -1.73. The first-order valence-electron chi connectivity index (χ1n) is 7.10. The van der Waals surface area contributed by atoms with E-state index in [2.05, 4.69) is 45.7 Å². The van der Waals surface area contributed by atoms with E-state index in [0.717, 1.165) is 5.56 Å². The molecule has 1 heterocycles. The Morgan fingerprint density at radius 2 is 1.85 bits per heavy atom. The van der Waals surface area contributed by atoms with Crippen molar-refractivity contribution in [1.82, 2.24) is 0 Å². The van der Waals surface area contributed by atoms with E-state index in [4.69, 9.17) is 9.16 Å². The van der Waals surface area contributed by atoms with Gasteiger partial charge in [0.25, 0.3) is 0 Å². The van der Waals surface area contributed by atoms with Gasteiger partial charge < -0.3 is 9.16 Å². The Bertz CT molecular complexity index is 513. The summed E-state index contributed by atoms with van der Waals surface area (Å²) in [6, 6.07) is 10.0. The van der Waals surface area contributed by atoms with E-state index in [1.165, 1.54) is 0 Å². The Balaban J connectivity index is 1.99. The van der Waals surface area contributed by atoms with Gasteiger partial charge in [0.2, 0.25) is 0 Å².